The number of hydrogen-bond acceptors (Lipinski definition) is 6. The lowest BCUT2D eigenvalue weighted by Crippen LogP contribution is -2.55. The summed E-state index contributed by atoms with van der Waals surface area (Å²) in [4.78, 5) is 13.3. The number of piperidine rings is 1. The van der Waals surface area contributed by atoms with Gasteiger partial charge in [0.25, 0.3) is 0 Å². The monoisotopic (exact) mass is 469 g/mol. The van der Waals surface area contributed by atoms with E-state index in [1.54, 1.807) is 6.07 Å². The zero-order valence-electron chi connectivity index (χ0n) is 17.6. The van der Waals surface area contributed by atoms with Crippen molar-refractivity contribution >= 4 is 40.5 Å². The quantitative estimate of drug-likeness (QED) is 0.585. The number of aliphatic hydroxyl groups excluding tert-OH is 1. The first kappa shape index (κ1) is 21.5. The highest BCUT2D eigenvalue weighted by Gasteiger charge is 2.34. The molecule has 0 saturated carbocycles. The summed E-state index contributed by atoms with van der Waals surface area (Å²) in [6, 6.07) is 16.1. The Labute approximate surface area is 197 Å². The van der Waals surface area contributed by atoms with Crippen molar-refractivity contribution in [2.24, 2.45) is 0 Å². The molecule has 0 radical (unpaired) electrons. The number of β-amino-alcohol motifs (C(OH)–C–C–N with tert-alkyl or cyclic N) is 1. The molecule has 8 heteroatoms. The lowest BCUT2D eigenvalue weighted by molar-refractivity contribution is 0.0293. The molecular weight excluding hydrogens is 445 g/mol. The number of fused-ring (bicyclic) bond motifs is 1. The van der Waals surface area contributed by atoms with Crippen LogP contribution >= 0.6 is 23.2 Å². The topological polar surface area (TPSA) is 64.5 Å². The van der Waals surface area contributed by atoms with Crippen LogP contribution in [0.25, 0.3) is 0 Å². The molecule has 1 saturated heterocycles. The minimum atomic E-state index is -0.442. The van der Waals surface area contributed by atoms with Crippen LogP contribution in [0.5, 0.6) is 0 Å². The first-order valence-electron chi connectivity index (χ1n) is 10.9. The predicted octanol–water partition coefficient (Wildman–Crippen LogP) is 4.52. The second-order valence-corrected chi connectivity index (χ2v) is 9.13. The number of rotatable bonds is 4. The fraction of sp³-hybridized carbons (Fsp3) is 0.333. The molecule has 1 aromatic heterocycles. The van der Waals surface area contributed by atoms with E-state index < -0.39 is 6.10 Å². The Hall–Kier alpha value is -2.38. The Morgan fingerprint density at radius 2 is 1.84 bits per heavy atom. The molecule has 0 bridgehead atoms. The Balaban J connectivity index is 1.26. The van der Waals surface area contributed by atoms with Gasteiger partial charge in [0.15, 0.2) is 0 Å². The van der Waals surface area contributed by atoms with Gasteiger partial charge in [-0.2, -0.15) is 0 Å². The zero-order valence-corrected chi connectivity index (χ0v) is 19.1. The van der Waals surface area contributed by atoms with E-state index in [9.17, 15) is 5.11 Å². The minimum absolute atomic E-state index is 0.157. The maximum atomic E-state index is 11.0. The van der Waals surface area contributed by atoms with Crippen molar-refractivity contribution < 1.29 is 5.11 Å². The molecule has 166 valence electrons. The fourth-order valence-corrected chi connectivity index (χ4v) is 5.03. The molecule has 3 aromatic rings. The largest absolute Gasteiger partial charge is 0.390 e. The third kappa shape index (κ3) is 4.41. The van der Waals surface area contributed by atoms with Gasteiger partial charge in [0, 0.05) is 38.3 Å². The van der Waals surface area contributed by atoms with Crippen LogP contribution in [-0.4, -0.2) is 51.8 Å². The Morgan fingerprint density at radius 3 is 2.69 bits per heavy atom. The predicted molar refractivity (Wildman–Crippen MR) is 129 cm³/mol. The maximum Gasteiger partial charge on any atom is 0.135 e. The summed E-state index contributed by atoms with van der Waals surface area (Å²) in [5, 5.41) is 15.1. The minimum Gasteiger partial charge on any atom is -0.390 e. The number of nitrogens with one attached hydrogen (secondary N) is 1. The smallest absolute Gasteiger partial charge is 0.135 e. The van der Waals surface area contributed by atoms with Gasteiger partial charge in [0.2, 0.25) is 0 Å². The summed E-state index contributed by atoms with van der Waals surface area (Å²) in [6.07, 6.45) is 3.01. The molecule has 2 aromatic carbocycles. The summed E-state index contributed by atoms with van der Waals surface area (Å²) in [6.45, 7) is 3.26. The van der Waals surface area contributed by atoms with E-state index >= 15 is 0 Å². The van der Waals surface area contributed by atoms with E-state index in [0.717, 1.165) is 38.3 Å². The van der Waals surface area contributed by atoms with Gasteiger partial charge in [0.05, 0.1) is 21.8 Å². The van der Waals surface area contributed by atoms with Crippen molar-refractivity contribution in [3.63, 3.8) is 0 Å². The van der Waals surface area contributed by atoms with Crippen molar-refractivity contribution in [2.45, 2.75) is 31.5 Å². The summed E-state index contributed by atoms with van der Waals surface area (Å²) in [5.41, 5.74) is 3.49. The summed E-state index contributed by atoms with van der Waals surface area (Å²) in [5.74, 6) is 1.41. The number of aromatic nitrogens is 2. The van der Waals surface area contributed by atoms with Crippen molar-refractivity contribution in [2.75, 3.05) is 29.9 Å². The van der Waals surface area contributed by atoms with Gasteiger partial charge in [-0.25, -0.2) is 9.97 Å². The molecule has 3 heterocycles. The molecule has 0 amide bonds. The van der Waals surface area contributed by atoms with Crippen molar-refractivity contribution in [3.8, 4) is 0 Å². The third-order valence-electron chi connectivity index (χ3n) is 6.37. The van der Waals surface area contributed by atoms with Gasteiger partial charge in [-0.05, 0) is 36.1 Å². The van der Waals surface area contributed by atoms with Gasteiger partial charge in [-0.15, -0.1) is 0 Å². The van der Waals surface area contributed by atoms with Crippen molar-refractivity contribution in [1.82, 2.24) is 14.9 Å². The van der Waals surface area contributed by atoms with Crippen LogP contribution in [0.15, 0.2) is 54.9 Å². The maximum absolute atomic E-state index is 11.0. The van der Waals surface area contributed by atoms with Gasteiger partial charge in [-0.1, -0.05) is 53.5 Å². The van der Waals surface area contributed by atoms with Crippen LogP contribution in [0.3, 0.4) is 0 Å². The second-order valence-electron chi connectivity index (χ2n) is 8.35. The van der Waals surface area contributed by atoms with Crippen LogP contribution < -0.4 is 10.2 Å². The van der Waals surface area contributed by atoms with E-state index in [2.05, 4.69) is 49.4 Å². The molecular formula is C24H25Cl2N5O. The highest BCUT2D eigenvalue weighted by Crippen LogP contribution is 2.32. The Kier molecular flexibility index (Phi) is 6.20. The molecule has 32 heavy (non-hydrogen) atoms. The van der Waals surface area contributed by atoms with Crippen LogP contribution in [-0.2, 0) is 13.0 Å². The molecule has 0 aliphatic carbocycles. The Bertz CT molecular complexity index is 1110. The standard InChI is InChI=1S/C24H25Cl2N5O/c25-18-6-3-7-19(24(18)26)29-22-12-23(28-15-27-22)31-11-9-20(21(32)14-31)30-10-8-16-4-1-2-5-17(16)13-30/h1-7,12,15,20-21,32H,8-11,13-14H2,(H,27,28,29)/t20-,21-/m1/s1. The van der Waals surface area contributed by atoms with Crippen molar-refractivity contribution in [1.29, 1.82) is 0 Å². The van der Waals surface area contributed by atoms with E-state index in [-0.39, 0.29) is 6.04 Å². The number of nitrogens with zero attached hydrogens (tertiary/aromatic N) is 4. The average molecular weight is 470 g/mol. The number of benzene rings is 2. The van der Waals surface area contributed by atoms with Gasteiger partial charge in [-0.3, -0.25) is 4.90 Å². The van der Waals surface area contributed by atoms with Crippen LogP contribution in [0, 0.1) is 0 Å². The van der Waals surface area contributed by atoms with Crippen LogP contribution in [0.1, 0.15) is 17.5 Å². The number of halogens is 2. The lowest BCUT2D eigenvalue weighted by Gasteiger charge is -2.43. The molecule has 6 nitrogen and oxygen atoms in total. The van der Waals surface area contributed by atoms with Gasteiger partial charge < -0.3 is 15.3 Å². The number of aliphatic hydroxyl groups is 1. The van der Waals surface area contributed by atoms with Crippen molar-refractivity contribution in [3.05, 3.63) is 76.0 Å². The highest BCUT2D eigenvalue weighted by atomic mass is 35.5. The zero-order chi connectivity index (χ0) is 22.1. The fourth-order valence-electron chi connectivity index (χ4n) is 4.68. The first-order chi connectivity index (χ1) is 15.6. The van der Waals surface area contributed by atoms with Crippen LogP contribution in [0.4, 0.5) is 17.3 Å². The lowest BCUT2D eigenvalue weighted by atomic mass is 9.94. The van der Waals surface area contributed by atoms with E-state index in [1.165, 1.54) is 17.5 Å². The van der Waals surface area contributed by atoms with Gasteiger partial charge >= 0.3 is 0 Å². The molecule has 0 unspecified atom stereocenters. The molecule has 2 aliphatic heterocycles. The average Bonchev–Trinajstić information content (AvgIpc) is 2.82. The molecule has 1 fully saturated rings. The first-order valence-corrected chi connectivity index (χ1v) is 11.6. The normalized spacial score (nSPS) is 21.3. The number of hydrogen-bond donors (Lipinski definition) is 2. The molecule has 2 aliphatic rings. The summed E-state index contributed by atoms with van der Waals surface area (Å²) < 4.78 is 0. The van der Waals surface area contributed by atoms with E-state index in [1.807, 2.05) is 18.2 Å². The third-order valence-corrected chi connectivity index (χ3v) is 7.19. The SMILES string of the molecule is O[C@@H]1CN(c2cc(Nc3cccc(Cl)c3Cl)ncn2)CC[C@H]1N1CCc2ccccc2C1. The summed E-state index contributed by atoms with van der Waals surface area (Å²) >= 11 is 12.4. The van der Waals surface area contributed by atoms with E-state index in [0.29, 0.717) is 28.1 Å². The molecule has 2 atom stereocenters. The molecule has 5 rings (SSSR count). The van der Waals surface area contributed by atoms with Crippen LogP contribution in [0.2, 0.25) is 10.0 Å². The van der Waals surface area contributed by atoms with Gasteiger partial charge in [0.1, 0.15) is 18.0 Å². The summed E-state index contributed by atoms with van der Waals surface area (Å²) in [7, 11) is 0. The second kappa shape index (κ2) is 9.24. The number of anilines is 3. The van der Waals surface area contributed by atoms with E-state index in [4.69, 9.17) is 23.2 Å². The highest BCUT2D eigenvalue weighted by molar-refractivity contribution is 6.43. The molecule has 2 N–H and O–H groups in total. The Morgan fingerprint density at radius 1 is 1.00 bits per heavy atom. The molecule has 0 spiro atoms.